The molecule has 0 bridgehead atoms. The fourth-order valence-corrected chi connectivity index (χ4v) is 4.11. The lowest BCUT2D eigenvalue weighted by Crippen LogP contribution is -2.37. The lowest BCUT2D eigenvalue weighted by Gasteiger charge is -2.23. The summed E-state index contributed by atoms with van der Waals surface area (Å²) in [6.45, 7) is 4.09. The van der Waals surface area contributed by atoms with Crippen LogP contribution in [0.2, 0.25) is 0 Å². The minimum absolute atomic E-state index is 0.0432. The van der Waals surface area contributed by atoms with Gasteiger partial charge < -0.3 is 10.0 Å². The Hall–Kier alpha value is -2.17. The van der Waals surface area contributed by atoms with Crippen LogP contribution in [0, 0.1) is 18.3 Å². The van der Waals surface area contributed by atoms with Gasteiger partial charge in [0.05, 0.1) is 5.41 Å². The van der Waals surface area contributed by atoms with Crippen LogP contribution in [0.15, 0.2) is 18.2 Å². The number of amides is 1. The highest BCUT2D eigenvalue weighted by Gasteiger charge is 2.55. The Morgan fingerprint density at radius 3 is 2.65 bits per heavy atom. The third-order valence-electron chi connectivity index (χ3n) is 5.45. The van der Waals surface area contributed by atoms with E-state index in [4.69, 9.17) is 0 Å². The summed E-state index contributed by atoms with van der Waals surface area (Å²) in [6, 6.07) is 5.11. The SMILES string of the molecule is CC(=O)c1cc(C(=O)N2C[C@@H]3CCC[C@@]3(C(=O)O)C2)ccc1C. The molecule has 2 atom stereocenters. The van der Waals surface area contributed by atoms with Crippen molar-refractivity contribution in [2.24, 2.45) is 11.3 Å². The molecule has 0 aromatic heterocycles. The molecule has 0 spiro atoms. The van der Waals surface area contributed by atoms with E-state index in [0.717, 1.165) is 18.4 Å². The lowest BCUT2D eigenvalue weighted by atomic mass is 9.81. The molecule has 1 saturated carbocycles. The number of aliphatic carboxylic acids is 1. The Kier molecular flexibility index (Phi) is 3.74. The second-order valence-electron chi connectivity index (χ2n) is 6.82. The molecule has 3 rings (SSSR count). The van der Waals surface area contributed by atoms with Crippen molar-refractivity contribution in [3.05, 3.63) is 34.9 Å². The van der Waals surface area contributed by atoms with Crippen LogP contribution in [-0.4, -0.2) is 40.8 Å². The number of aryl methyl sites for hydroxylation is 1. The topological polar surface area (TPSA) is 74.7 Å². The first-order chi connectivity index (χ1) is 10.8. The number of carboxylic acid groups (broad SMARTS) is 1. The summed E-state index contributed by atoms with van der Waals surface area (Å²) < 4.78 is 0. The van der Waals surface area contributed by atoms with Gasteiger partial charge in [0.15, 0.2) is 5.78 Å². The van der Waals surface area contributed by atoms with E-state index in [2.05, 4.69) is 0 Å². The maximum absolute atomic E-state index is 12.8. The fourth-order valence-electron chi connectivity index (χ4n) is 4.11. The Labute approximate surface area is 135 Å². The summed E-state index contributed by atoms with van der Waals surface area (Å²) in [6.07, 6.45) is 2.42. The van der Waals surface area contributed by atoms with Crippen molar-refractivity contribution in [1.82, 2.24) is 4.90 Å². The molecule has 1 aromatic carbocycles. The van der Waals surface area contributed by atoms with E-state index in [0.29, 0.717) is 24.1 Å². The average Bonchev–Trinajstić information content (AvgIpc) is 3.04. The van der Waals surface area contributed by atoms with Crippen molar-refractivity contribution in [3.8, 4) is 0 Å². The number of hydrogen-bond donors (Lipinski definition) is 1. The van der Waals surface area contributed by atoms with Crippen molar-refractivity contribution >= 4 is 17.7 Å². The number of likely N-dealkylation sites (tertiary alicyclic amines) is 1. The second-order valence-corrected chi connectivity index (χ2v) is 6.82. The molecule has 0 unspecified atom stereocenters. The molecular formula is C18H21NO4. The molecule has 23 heavy (non-hydrogen) atoms. The van der Waals surface area contributed by atoms with Crippen LogP contribution in [0.4, 0.5) is 0 Å². The highest BCUT2D eigenvalue weighted by Crippen LogP contribution is 2.49. The molecule has 2 fully saturated rings. The van der Waals surface area contributed by atoms with Gasteiger partial charge in [0.1, 0.15) is 0 Å². The van der Waals surface area contributed by atoms with E-state index in [-0.39, 0.29) is 24.2 Å². The van der Waals surface area contributed by atoms with E-state index in [1.54, 1.807) is 23.1 Å². The standard InChI is InChI=1S/C18H21NO4/c1-11-5-6-13(8-15(11)12(2)20)16(21)19-9-14-4-3-7-18(14,10-19)17(22)23/h5-6,8,14H,3-4,7,9-10H2,1-2H3,(H,22,23)/t14-,18+/m0/s1. The molecule has 1 N–H and O–H groups in total. The molecule has 0 radical (unpaired) electrons. The number of nitrogens with zero attached hydrogens (tertiary/aromatic N) is 1. The van der Waals surface area contributed by atoms with Crippen molar-refractivity contribution in [2.75, 3.05) is 13.1 Å². The summed E-state index contributed by atoms with van der Waals surface area (Å²) in [5.74, 6) is -0.995. The highest BCUT2D eigenvalue weighted by molar-refractivity contribution is 6.01. The van der Waals surface area contributed by atoms with Crippen LogP contribution >= 0.6 is 0 Å². The lowest BCUT2D eigenvalue weighted by molar-refractivity contribution is -0.149. The van der Waals surface area contributed by atoms with E-state index in [1.165, 1.54) is 6.92 Å². The van der Waals surface area contributed by atoms with Gasteiger partial charge in [-0.25, -0.2) is 0 Å². The Balaban J connectivity index is 1.87. The quantitative estimate of drug-likeness (QED) is 0.870. The number of Topliss-reactive ketones (excluding diaryl/α,β-unsaturated/α-hetero) is 1. The zero-order valence-electron chi connectivity index (χ0n) is 13.5. The maximum atomic E-state index is 12.8. The first-order valence-electron chi connectivity index (χ1n) is 7.99. The molecule has 2 aliphatic rings. The summed E-state index contributed by atoms with van der Waals surface area (Å²) in [5.41, 5.74) is 1.07. The zero-order valence-corrected chi connectivity index (χ0v) is 13.5. The van der Waals surface area contributed by atoms with Crippen molar-refractivity contribution < 1.29 is 19.5 Å². The Bertz CT molecular complexity index is 696. The third-order valence-corrected chi connectivity index (χ3v) is 5.45. The minimum atomic E-state index is -0.788. The fraction of sp³-hybridized carbons (Fsp3) is 0.500. The van der Waals surface area contributed by atoms with Gasteiger partial charge in [-0.1, -0.05) is 12.5 Å². The molecule has 1 heterocycles. The van der Waals surface area contributed by atoms with Crippen LogP contribution in [0.5, 0.6) is 0 Å². The molecule has 5 nitrogen and oxygen atoms in total. The van der Waals surface area contributed by atoms with Gasteiger partial charge in [-0.3, -0.25) is 14.4 Å². The maximum Gasteiger partial charge on any atom is 0.311 e. The van der Waals surface area contributed by atoms with E-state index in [1.807, 2.05) is 6.92 Å². The summed E-state index contributed by atoms with van der Waals surface area (Å²) >= 11 is 0. The Morgan fingerprint density at radius 2 is 2.04 bits per heavy atom. The van der Waals surface area contributed by atoms with E-state index in [9.17, 15) is 19.5 Å². The number of fused-ring (bicyclic) bond motifs is 1. The average molecular weight is 315 g/mol. The first-order valence-corrected chi connectivity index (χ1v) is 7.99. The van der Waals surface area contributed by atoms with Crippen LogP contribution in [0.3, 0.4) is 0 Å². The monoisotopic (exact) mass is 315 g/mol. The molecule has 1 aromatic rings. The summed E-state index contributed by atoms with van der Waals surface area (Å²) in [5, 5.41) is 9.61. The van der Waals surface area contributed by atoms with Gasteiger partial charge >= 0.3 is 5.97 Å². The van der Waals surface area contributed by atoms with Crippen LogP contribution in [-0.2, 0) is 4.79 Å². The molecule has 1 aliphatic heterocycles. The molecule has 1 amide bonds. The van der Waals surface area contributed by atoms with Gasteiger partial charge in [0.25, 0.3) is 5.91 Å². The van der Waals surface area contributed by atoms with Gasteiger partial charge in [-0.05, 0) is 50.3 Å². The van der Waals surface area contributed by atoms with Crippen LogP contribution in [0.1, 0.15) is 52.5 Å². The molecule has 1 aliphatic carbocycles. The van der Waals surface area contributed by atoms with Crippen molar-refractivity contribution in [2.45, 2.75) is 33.1 Å². The number of ketones is 1. The second kappa shape index (κ2) is 5.48. The van der Waals surface area contributed by atoms with Crippen LogP contribution in [0.25, 0.3) is 0 Å². The van der Waals surface area contributed by atoms with E-state index >= 15 is 0 Å². The molecule has 1 saturated heterocycles. The van der Waals surface area contributed by atoms with Crippen molar-refractivity contribution in [3.63, 3.8) is 0 Å². The van der Waals surface area contributed by atoms with Gasteiger partial charge in [-0.15, -0.1) is 0 Å². The molecule has 122 valence electrons. The third kappa shape index (κ3) is 2.44. The largest absolute Gasteiger partial charge is 0.481 e. The summed E-state index contributed by atoms with van der Waals surface area (Å²) in [7, 11) is 0. The normalized spacial score (nSPS) is 26.2. The van der Waals surface area contributed by atoms with Crippen LogP contribution < -0.4 is 0 Å². The molecular weight excluding hydrogens is 294 g/mol. The number of benzene rings is 1. The predicted molar refractivity (Wildman–Crippen MR) is 84.5 cm³/mol. The van der Waals surface area contributed by atoms with Gasteiger partial charge in [0, 0.05) is 24.2 Å². The van der Waals surface area contributed by atoms with Crippen molar-refractivity contribution in [1.29, 1.82) is 0 Å². The number of rotatable bonds is 3. The predicted octanol–water partition coefficient (Wildman–Crippen LogP) is 2.52. The zero-order chi connectivity index (χ0) is 16.8. The minimum Gasteiger partial charge on any atom is -0.481 e. The number of carbonyl (C=O) groups excluding carboxylic acids is 2. The number of carbonyl (C=O) groups is 3. The van der Waals surface area contributed by atoms with E-state index < -0.39 is 11.4 Å². The number of hydrogen-bond acceptors (Lipinski definition) is 3. The summed E-state index contributed by atoms with van der Waals surface area (Å²) in [4.78, 5) is 37.8. The van der Waals surface area contributed by atoms with Gasteiger partial charge in [-0.2, -0.15) is 0 Å². The Morgan fingerprint density at radius 1 is 1.30 bits per heavy atom. The molecule has 5 heteroatoms. The smallest absolute Gasteiger partial charge is 0.311 e. The number of carboxylic acids is 1. The van der Waals surface area contributed by atoms with Gasteiger partial charge in [0.2, 0.25) is 0 Å². The highest BCUT2D eigenvalue weighted by atomic mass is 16.4. The first kappa shape index (κ1) is 15.7.